The first-order valence-corrected chi connectivity index (χ1v) is 23.7. The molecule has 16 heteroatoms. The maximum atomic E-state index is 14.9. The number of carbonyl (C=O) groups is 4. The molecule has 0 radical (unpaired) electrons. The zero-order valence-corrected chi connectivity index (χ0v) is 39.7. The number of aryl methyl sites for hydroxylation is 1. The summed E-state index contributed by atoms with van der Waals surface area (Å²) in [6.45, 7) is 13.7. The van der Waals surface area contributed by atoms with E-state index in [4.69, 9.17) is 24.9 Å². The number of nitrogens with one attached hydrogen (secondary N) is 1. The van der Waals surface area contributed by atoms with Crippen molar-refractivity contribution in [3.05, 3.63) is 71.5 Å². The molecule has 8 rings (SSSR count). The molecule has 0 aliphatic carbocycles. The van der Waals surface area contributed by atoms with Crippen molar-refractivity contribution in [2.75, 3.05) is 47.1 Å². The molecule has 3 amide bonds. The van der Waals surface area contributed by atoms with Crippen LogP contribution in [-0.2, 0) is 64.3 Å². The van der Waals surface area contributed by atoms with Gasteiger partial charge in [0.05, 0.1) is 55.7 Å². The molecule has 65 heavy (non-hydrogen) atoms. The number of amides is 3. The highest BCUT2D eigenvalue weighted by molar-refractivity contribution is 7.72. The number of phenols is 1. The number of carbonyl (C=O) groups excluding carboxylic acids is 4. The van der Waals surface area contributed by atoms with Gasteiger partial charge in [0.25, 0.3) is 5.91 Å². The number of likely N-dealkylation sites (N-methyl/N-ethyl adjacent to an activating group) is 1. The Bertz CT molecular complexity index is 2560. The fraction of sp³-hybridized carbons (Fsp3) is 0.531. The largest absolute Gasteiger partial charge is 0.508 e. The zero-order valence-electron chi connectivity index (χ0n) is 38.8. The van der Waals surface area contributed by atoms with E-state index >= 15 is 0 Å². The smallest absolute Gasteiger partial charge is 0.398 e. The van der Waals surface area contributed by atoms with Gasteiger partial charge in [0.2, 0.25) is 11.8 Å². The molecule has 6 atom stereocenters. The third kappa shape index (κ3) is 8.82. The minimum absolute atomic E-state index is 0.0438. The molecule has 4 aliphatic rings. The first kappa shape index (κ1) is 46.4. The van der Waals surface area contributed by atoms with Gasteiger partial charge >= 0.3 is 10.8 Å². The molecule has 348 valence electrons. The van der Waals surface area contributed by atoms with E-state index in [0.29, 0.717) is 49.5 Å². The van der Waals surface area contributed by atoms with Crippen LogP contribution < -0.4 is 11.1 Å². The molecule has 15 nitrogen and oxygen atoms in total. The lowest BCUT2D eigenvalue weighted by atomic mass is 9.84. The molecule has 4 aromatic rings. The predicted molar refractivity (Wildman–Crippen MR) is 248 cm³/mol. The molecule has 6 bridgehead atoms. The van der Waals surface area contributed by atoms with Gasteiger partial charge in [0.15, 0.2) is 0 Å². The molecule has 0 unspecified atom stereocenters. The van der Waals surface area contributed by atoms with Crippen LogP contribution in [0.2, 0.25) is 0 Å². The number of fused-ring (bicyclic) bond motifs is 4. The van der Waals surface area contributed by atoms with Crippen LogP contribution in [0, 0.1) is 23.2 Å². The summed E-state index contributed by atoms with van der Waals surface area (Å²) in [5.41, 5.74) is 13.0. The van der Waals surface area contributed by atoms with Gasteiger partial charge in [-0.2, -0.15) is 0 Å². The summed E-state index contributed by atoms with van der Waals surface area (Å²) in [5, 5.41) is 17.0. The summed E-state index contributed by atoms with van der Waals surface area (Å²) < 4.78 is 21.7. The van der Waals surface area contributed by atoms with Gasteiger partial charge in [-0.3, -0.25) is 19.4 Å². The number of aromatic nitrogens is 2. The van der Waals surface area contributed by atoms with E-state index in [1.165, 1.54) is 4.90 Å². The monoisotopic (exact) mass is 910 g/mol. The third-order valence-electron chi connectivity index (χ3n) is 13.6. The molecular formula is C49H64N7O8S+. The Morgan fingerprint density at radius 2 is 1.91 bits per heavy atom. The number of rotatable bonds is 10. The number of thiol groups is 1. The lowest BCUT2D eigenvalue weighted by molar-refractivity contribution is -0.645. The van der Waals surface area contributed by atoms with E-state index in [-0.39, 0.29) is 68.3 Å². The van der Waals surface area contributed by atoms with Crippen LogP contribution in [0.15, 0.2) is 54.7 Å². The second-order valence-electron chi connectivity index (χ2n) is 19.3. The molecule has 0 saturated carbocycles. The van der Waals surface area contributed by atoms with Crippen molar-refractivity contribution < 1.29 is 42.6 Å². The maximum Gasteiger partial charge on any atom is 0.398 e. The third-order valence-corrected chi connectivity index (χ3v) is 15.1. The molecule has 4 aliphatic heterocycles. The number of aromatic hydroxyl groups is 1. The number of hydrazine groups is 1. The van der Waals surface area contributed by atoms with Crippen molar-refractivity contribution in [1.82, 2.24) is 24.8 Å². The average Bonchev–Trinajstić information content (AvgIpc) is 3.79. The Hall–Kier alpha value is -5.16. The van der Waals surface area contributed by atoms with Crippen molar-refractivity contribution in [1.29, 1.82) is 0 Å². The first-order valence-electron chi connectivity index (χ1n) is 22.8. The van der Waals surface area contributed by atoms with Crippen molar-refractivity contribution in [2.24, 2.45) is 28.9 Å². The quantitative estimate of drug-likeness (QED) is 0.0970. The number of hydrogen-bond acceptors (Lipinski definition) is 10. The molecule has 2 aromatic heterocycles. The number of phenolic OH excluding ortho intramolecular Hbond substituents is 1. The maximum absolute atomic E-state index is 14.9. The van der Waals surface area contributed by atoms with Gasteiger partial charge in [0.1, 0.15) is 23.3 Å². The van der Waals surface area contributed by atoms with E-state index in [1.807, 2.05) is 32.9 Å². The van der Waals surface area contributed by atoms with Crippen molar-refractivity contribution in [2.45, 2.75) is 96.8 Å². The molecule has 6 heterocycles. The highest BCUT2D eigenvalue weighted by Crippen LogP contribution is 2.43. The Morgan fingerprint density at radius 1 is 1.12 bits per heavy atom. The van der Waals surface area contributed by atoms with Crippen LogP contribution in [0.3, 0.4) is 0 Å². The van der Waals surface area contributed by atoms with E-state index in [9.17, 15) is 24.3 Å². The van der Waals surface area contributed by atoms with E-state index in [2.05, 4.69) is 54.9 Å². The lowest BCUT2D eigenvalue weighted by Gasteiger charge is -2.33. The van der Waals surface area contributed by atoms with Gasteiger partial charge in [-0.05, 0) is 102 Å². The van der Waals surface area contributed by atoms with Crippen molar-refractivity contribution in [3.63, 3.8) is 0 Å². The Labute approximate surface area is 384 Å². The molecule has 2 saturated heterocycles. The number of esters is 1. The number of methoxy groups -OCH3 is 1. The van der Waals surface area contributed by atoms with E-state index in [1.54, 1.807) is 41.6 Å². The van der Waals surface area contributed by atoms with Crippen molar-refractivity contribution in [3.8, 4) is 28.1 Å². The summed E-state index contributed by atoms with van der Waals surface area (Å²) in [6.07, 6.45) is 3.39. The number of hydrogen-bond donors (Lipinski definition) is 4. The van der Waals surface area contributed by atoms with Crippen LogP contribution in [-0.4, -0.2) is 116 Å². The van der Waals surface area contributed by atoms with Gasteiger partial charge < -0.3 is 39.8 Å². The Kier molecular flexibility index (Phi) is 13.0. The molecular weight excluding hydrogens is 847 g/mol. The number of nitrogens with zero attached hydrogens (tertiary/aromatic N) is 5. The summed E-state index contributed by atoms with van der Waals surface area (Å²) in [5.74, 6) is -2.84. The predicted octanol–water partition coefficient (Wildman–Crippen LogP) is 4.92. The second-order valence-corrected chi connectivity index (χ2v) is 20.6. The van der Waals surface area contributed by atoms with Crippen LogP contribution >= 0.6 is 0 Å². The lowest BCUT2D eigenvalue weighted by Crippen LogP contribution is -2.55. The van der Waals surface area contributed by atoms with Crippen LogP contribution in [0.4, 0.5) is 0 Å². The van der Waals surface area contributed by atoms with Gasteiger partial charge in [-0.15, -0.1) is 5.01 Å². The summed E-state index contributed by atoms with van der Waals surface area (Å²) in [7, 11) is 3.29. The Morgan fingerprint density at radius 3 is 2.62 bits per heavy atom. The number of nitrogens with two attached hydrogens (primary N) is 1. The topological polar surface area (TPSA) is 182 Å². The van der Waals surface area contributed by atoms with Crippen LogP contribution in [0.1, 0.15) is 77.3 Å². The number of ether oxygens (including phenoxy) is 3. The molecule has 2 aromatic carbocycles. The molecule has 2 fully saturated rings. The van der Waals surface area contributed by atoms with Crippen molar-refractivity contribution >= 4 is 46.2 Å². The fourth-order valence-corrected chi connectivity index (χ4v) is 11.3. The van der Waals surface area contributed by atoms with Crippen LogP contribution in [0.25, 0.3) is 33.3 Å². The normalized spacial score (nSPS) is 24.0. The highest BCUT2D eigenvalue weighted by atomic mass is 32.1. The number of benzene rings is 2. The minimum atomic E-state index is -0.989. The zero-order chi connectivity index (χ0) is 46.5. The number of cyclic esters (lactones) is 1. The fourth-order valence-electron chi connectivity index (χ4n) is 10.1. The highest BCUT2D eigenvalue weighted by Gasteiger charge is 2.70. The minimum Gasteiger partial charge on any atom is -0.508 e. The summed E-state index contributed by atoms with van der Waals surface area (Å²) in [6, 6.07) is 14.5. The first-order chi connectivity index (χ1) is 31.0. The van der Waals surface area contributed by atoms with E-state index in [0.717, 1.165) is 44.5 Å². The van der Waals surface area contributed by atoms with Crippen LogP contribution in [0.5, 0.6) is 5.75 Å². The van der Waals surface area contributed by atoms with Gasteiger partial charge in [0, 0.05) is 67.8 Å². The Balaban J connectivity index is 1.21. The summed E-state index contributed by atoms with van der Waals surface area (Å²) >= 11 is 0.663. The summed E-state index contributed by atoms with van der Waals surface area (Å²) in [4.78, 5) is 62.1. The molecule has 0 spiro atoms. The molecule has 4 N–H and O–H groups in total. The van der Waals surface area contributed by atoms with Gasteiger partial charge in [-0.25, -0.2) is 4.79 Å². The van der Waals surface area contributed by atoms with E-state index < -0.39 is 40.1 Å². The number of pyridine rings is 1. The average molecular weight is 911 g/mol. The standard InChI is InChI=1S/C49H63N7O8S/c1-9-54-40-14-13-31-22-36(40)37(43(54)35-12-10-16-51-41(35)29(4)62-8)23-48(5,6)27-64-47(61)49-15-11-17-55(56(49)65-49)45(59)33(19-30-18-32(31)21-34(57)20-30)24-52-44(58)42(28(2)3)53(7)46(60)38-25-63-26-39(38)50/h10,12-14,16,18,20-22,28-29,33,38-39,42,65H,9,11,15,17,19,23-27,50H2,1-8H3,(H-,52,57,58)/p+1/t29-,33+,38+,39-,42-,49+/m0/s1. The SMILES string of the molecule is CCn1c(-c2cccnc2[C@H](C)OC)c2c3cc(ccc31)-c1cc(O)cc(c1)C[C@H](CNC(=O)[C@H](C(C)C)N(C)C(=O)[C@@H]1COC[C@@H]1N)C(=O)N1CCC[C@@]3([SH]=[N+]13)C(=O)OCC(C)(C)C2. The van der Waals surface area contributed by atoms with Gasteiger partial charge in [-0.1, -0.05) is 39.8 Å². The second kappa shape index (κ2) is 18.3.